The van der Waals surface area contributed by atoms with Crippen molar-refractivity contribution in [3.8, 4) is 0 Å². The van der Waals surface area contributed by atoms with Crippen LogP contribution in [0.4, 0.5) is 0 Å². The smallest absolute Gasteiger partial charge is 0.122 e. The highest BCUT2D eigenvalue weighted by Crippen LogP contribution is 2.56. The minimum atomic E-state index is -0.357. The molecule has 1 atom stereocenters. The van der Waals surface area contributed by atoms with E-state index in [1.807, 2.05) is 0 Å². The highest BCUT2D eigenvalue weighted by Gasteiger charge is 2.50. The lowest BCUT2D eigenvalue weighted by Gasteiger charge is -2.18. The van der Waals surface area contributed by atoms with Gasteiger partial charge >= 0.3 is 0 Å². The van der Waals surface area contributed by atoms with Gasteiger partial charge in [-0.2, -0.15) is 11.8 Å². The third-order valence-electron chi connectivity index (χ3n) is 2.45. The molecule has 0 aliphatic heterocycles. The number of aromatic nitrogens is 1. The minimum absolute atomic E-state index is 0.0784. The molecule has 1 aromatic heterocycles. The van der Waals surface area contributed by atoms with Gasteiger partial charge in [-0.25, -0.2) is 4.98 Å². The molecule has 1 aliphatic rings. The monoisotopic (exact) mass is 279 g/mol. The number of aliphatic hydroxyl groups is 1. The Hall–Kier alpha value is 0.420. The van der Waals surface area contributed by atoms with Crippen LogP contribution in [0.3, 0.4) is 0 Å². The lowest BCUT2D eigenvalue weighted by molar-refractivity contribution is 0.170. The zero-order chi connectivity index (χ0) is 9.47. The Labute approximate surface area is 93.9 Å². The minimum Gasteiger partial charge on any atom is -0.386 e. The van der Waals surface area contributed by atoms with Gasteiger partial charge in [0.15, 0.2) is 0 Å². The van der Waals surface area contributed by atoms with Gasteiger partial charge < -0.3 is 5.11 Å². The third kappa shape index (κ3) is 1.67. The van der Waals surface area contributed by atoms with Gasteiger partial charge in [0.1, 0.15) is 10.7 Å². The molecule has 0 amide bonds. The highest BCUT2D eigenvalue weighted by molar-refractivity contribution is 9.10. The molecule has 0 spiro atoms. The summed E-state index contributed by atoms with van der Waals surface area (Å²) in [5.74, 6) is 0. The van der Waals surface area contributed by atoms with Crippen molar-refractivity contribution in [2.75, 3.05) is 6.26 Å². The summed E-state index contributed by atoms with van der Waals surface area (Å²) in [6.07, 6.45) is 3.93. The predicted octanol–water partition coefficient (Wildman–Crippen LogP) is 2.83. The summed E-state index contributed by atoms with van der Waals surface area (Å²) in [5, 5.41) is 10.1. The largest absolute Gasteiger partial charge is 0.386 e. The van der Waals surface area contributed by atoms with E-state index in [0.717, 1.165) is 22.3 Å². The van der Waals surface area contributed by atoms with Gasteiger partial charge in [0.2, 0.25) is 0 Å². The van der Waals surface area contributed by atoms with Crippen LogP contribution in [0.5, 0.6) is 0 Å². The quantitative estimate of drug-likeness (QED) is 0.924. The number of rotatable bonds is 3. The van der Waals surface area contributed by atoms with Crippen LogP contribution < -0.4 is 0 Å². The van der Waals surface area contributed by atoms with Gasteiger partial charge in [-0.15, -0.1) is 11.3 Å². The van der Waals surface area contributed by atoms with Crippen LogP contribution in [0.25, 0.3) is 0 Å². The van der Waals surface area contributed by atoms with Gasteiger partial charge in [-0.3, -0.25) is 0 Å². The Morgan fingerprint density at radius 3 is 2.85 bits per heavy atom. The Balaban J connectivity index is 2.22. The van der Waals surface area contributed by atoms with Crippen LogP contribution in [0.1, 0.15) is 23.8 Å². The molecule has 0 aromatic carbocycles. The molecule has 1 fully saturated rings. The van der Waals surface area contributed by atoms with Gasteiger partial charge in [0.05, 0.1) is 10.4 Å². The Morgan fingerprint density at radius 1 is 1.77 bits per heavy atom. The topological polar surface area (TPSA) is 33.1 Å². The van der Waals surface area contributed by atoms with E-state index in [9.17, 15) is 5.11 Å². The van der Waals surface area contributed by atoms with E-state index < -0.39 is 0 Å². The van der Waals surface area contributed by atoms with Crippen molar-refractivity contribution in [2.45, 2.75) is 23.7 Å². The molecule has 0 bridgehead atoms. The van der Waals surface area contributed by atoms with Crippen molar-refractivity contribution in [1.29, 1.82) is 0 Å². The van der Waals surface area contributed by atoms with Crippen LogP contribution >= 0.6 is 39.0 Å². The molecule has 1 N–H and O–H groups in total. The second-order valence-corrected chi connectivity index (χ2v) is 6.04. The first-order valence-corrected chi connectivity index (χ1v) is 6.91. The number of thiazole rings is 1. The van der Waals surface area contributed by atoms with Crippen molar-refractivity contribution in [2.24, 2.45) is 0 Å². The molecule has 0 saturated heterocycles. The van der Waals surface area contributed by atoms with E-state index in [-0.39, 0.29) is 10.9 Å². The molecule has 2 rings (SSSR count). The maximum absolute atomic E-state index is 10.1. The Kier molecular flexibility index (Phi) is 2.70. The highest BCUT2D eigenvalue weighted by atomic mass is 79.9. The van der Waals surface area contributed by atoms with Crippen molar-refractivity contribution in [1.82, 2.24) is 4.98 Å². The van der Waals surface area contributed by atoms with Crippen molar-refractivity contribution < 1.29 is 5.11 Å². The van der Waals surface area contributed by atoms with Crippen LogP contribution in [0.2, 0.25) is 0 Å². The first-order chi connectivity index (χ1) is 6.19. The molecule has 2 nitrogen and oxygen atoms in total. The lowest BCUT2D eigenvalue weighted by atomic mass is 10.2. The third-order valence-corrected chi connectivity index (χ3v) is 5.67. The average Bonchev–Trinajstić information content (AvgIpc) is 2.83. The second kappa shape index (κ2) is 3.53. The first-order valence-electron chi connectivity index (χ1n) is 4.02. The Morgan fingerprint density at radius 2 is 2.46 bits per heavy atom. The summed E-state index contributed by atoms with van der Waals surface area (Å²) in [5.41, 5.74) is 1.76. The molecule has 1 saturated carbocycles. The van der Waals surface area contributed by atoms with Crippen LogP contribution in [0.15, 0.2) is 10.1 Å². The summed E-state index contributed by atoms with van der Waals surface area (Å²) >= 11 is 6.63. The number of thioether (sulfide) groups is 1. The molecule has 1 unspecified atom stereocenters. The van der Waals surface area contributed by atoms with Crippen LogP contribution in [-0.4, -0.2) is 21.1 Å². The molecule has 13 heavy (non-hydrogen) atoms. The second-order valence-electron chi connectivity index (χ2n) is 3.18. The number of nitrogens with zero attached hydrogens (tertiary/aromatic N) is 1. The molecule has 1 heterocycles. The Bertz CT molecular complexity index is 311. The van der Waals surface area contributed by atoms with Crippen molar-refractivity contribution in [3.05, 3.63) is 15.0 Å². The maximum Gasteiger partial charge on any atom is 0.122 e. The predicted molar refractivity (Wildman–Crippen MR) is 60.3 cm³/mol. The van der Waals surface area contributed by atoms with E-state index in [1.54, 1.807) is 17.3 Å². The number of hydrogen-bond acceptors (Lipinski definition) is 4. The van der Waals surface area contributed by atoms with Crippen LogP contribution in [0, 0.1) is 0 Å². The summed E-state index contributed by atoms with van der Waals surface area (Å²) < 4.78 is 0.875. The van der Waals surface area contributed by atoms with E-state index in [4.69, 9.17) is 0 Å². The zero-order valence-corrected chi connectivity index (χ0v) is 10.4. The normalized spacial score (nSPS) is 21.5. The summed E-state index contributed by atoms with van der Waals surface area (Å²) in [7, 11) is 0. The standard InChI is InChI=1S/C8H10BrNOS2/c1-12-8(2-3-8)6(11)5-7(9)10-4-13-5/h4,6,11H,2-3H2,1H3. The van der Waals surface area contributed by atoms with Gasteiger partial charge in [0.25, 0.3) is 0 Å². The molecule has 5 heteroatoms. The zero-order valence-electron chi connectivity index (χ0n) is 7.16. The van der Waals surface area contributed by atoms with Crippen LogP contribution in [-0.2, 0) is 0 Å². The fourth-order valence-corrected chi connectivity index (χ4v) is 3.81. The van der Waals surface area contributed by atoms with Gasteiger partial charge in [-0.1, -0.05) is 0 Å². The van der Waals surface area contributed by atoms with Gasteiger partial charge in [-0.05, 0) is 35.0 Å². The number of hydrogen-bond donors (Lipinski definition) is 1. The van der Waals surface area contributed by atoms with E-state index in [1.165, 1.54) is 11.3 Å². The maximum atomic E-state index is 10.1. The molecular formula is C8H10BrNOS2. The van der Waals surface area contributed by atoms with E-state index >= 15 is 0 Å². The number of aliphatic hydroxyl groups excluding tert-OH is 1. The van der Waals surface area contributed by atoms with Crippen molar-refractivity contribution >= 4 is 39.0 Å². The molecule has 1 aromatic rings. The van der Waals surface area contributed by atoms with Crippen molar-refractivity contribution in [3.63, 3.8) is 0 Å². The first kappa shape index (κ1) is 9.96. The average molecular weight is 280 g/mol. The molecule has 72 valence electrons. The van der Waals surface area contributed by atoms with Gasteiger partial charge in [0, 0.05) is 4.75 Å². The van der Waals surface area contributed by atoms with E-state index in [0.29, 0.717) is 0 Å². The fraction of sp³-hybridized carbons (Fsp3) is 0.625. The molecular weight excluding hydrogens is 270 g/mol. The fourth-order valence-electron chi connectivity index (χ4n) is 1.37. The van der Waals surface area contributed by atoms with E-state index in [2.05, 4.69) is 27.2 Å². The molecule has 1 aliphatic carbocycles. The summed E-state index contributed by atoms with van der Waals surface area (Å²) in [6, 6.07) is 0. The SMILES string of the molecule is CSC1(C(O)c2scnc2Br)CC1. The summed E-state index contributed by atoms with van der Waals surface area (Å²) in [6.45, 7) is 0. The summed E-state index contributed by atoms with van der Waals surface area (Å²) in [4.78, 5) is 5.04. The molecule has 0 radical (unpaired) electrons. The number of halogens is 1. The lowest BCUT2D eigenvalue weighted by Crippen LogP contribution is -2.15.